The lowest BCUT2D eigenvalue weighted by molar-refractivity contribution is -0.116. The first-order chi connectivity index (χ1) is 10.6. The Morgan fingerprint density at radius 2 is 2.09 bits per heavy atom. The second-order valence-corrected chi connectivity index (χ2v) is 6.46. The van der Waals surface area contributed by atoms with Crippen molar-refractivity contribution in [3.63, 3.8) is 0 Å². The summed E-state index contributed by atoms with van der Waals surface area (Å²) in [6.07, 6.45) is 3.93. The monoisotopic (exact) mass is 366 g/mol. The van der Waals surface area contributed by atoms with E-state index in [2.05, 4.69) is 31.1 Å². The van der Waals surface area contributed by atoms with Crippen LogP contribution in [0.4, 0.5) is 5.69 Å². The van der Waals surface area contributed by atoms with Crippen LogP contribution in [0.5, 0.6) is 0 Å². The number of likely N-dealkylation sites (tertiary alicyclic amines) is 1. The Kier molecular flexibility index (Phi) is 6.24. The summed E-state index contributed by atoms with van der Waals surface area (Å²) >= 11 is 3.41. The Balaban J connectivity index is 1.81. The van der Waals surface area contributed by atoms with Gasteiger partial charge in [0, 0.05) is 29.7 Å². The average molecular weight is 367 g/mol. The van der Waals surface area contributed by atoms with Crippen molar-refractivity contribution in [3.05, 3.63) is 28.2 Å². The van der Waals surface area contributed by atoms with Crippen LogP contribution in [0.1, 0.15) is 31.2 Å². The molecule has 1 aromatic rings. The molecule has 1 heterocycles. The van der Waals surface area contributed by atoms with E-state index < -0.39 is 0 Å². The Bertz CT molecular complexity index is 553. The zero-order valence-corrected chi connectivity index (χ0v) is 14.5. The highest BCUT2D eigenvalue weighted by atomic mass is 79.9. The molecule has 1 amide bonds. The van der Waals surface area contributed by atoms with Crippen LogP contribution in [0.2, 0.25) is 0 Å². The standard InChI is InChI=1S/C16H23BrN4O/c1-12-5-6-13(17)11-14(12)20-15(22)7-8-19-16(18)21-9-3-2-4-10-21/h5-6,11H,2-4,7-10H2,1H3,(H2,18,19)(H,20,22). The SMILES string of the molecule is Cc1ccc(Br)cc1NC(=O)CCN=C(N)N1CCCCC1. The van der Waals surface area contributed by atoms with Crippen molar-refractivity contribution < 1.29 is 4.79 Å². The van der Waals surface area contributed by atoms with Gasteiger partial charge in [-0.2, -0.15) is 0 Å². The average Bonchev–Trinajstić information content (AvgIpc) is 2.51. The zero-order chi connectivity index (χ0) is 15.9. The number of guanidine groups is 1. The quantitative estimate of drug-likeness (QED) is 0.635. The van der Waals surface area contributed by atoms with E-state index in [1.54, 1.807) is 0 Å². The highest BCUT2D eigenvalue weighted by Crippen LogP contribution is 2.20. The van der Waals surface area contributed by atoms with Gasteiger partial charge in [-0.05, 0) is 43.9 Å². The lowest BCUT2D eigenvalue weighted by Crippen LogP contribution is -2.41. The lowest BCUT2D eigenvalue weighted by Gasteiger charge is -2.27. The number of carbonyl (C=O) groups excluding carboxylic acids is 1. The molecule has 0 saturated carbocycles. The maximum atomic E-state index is 12.0. The molecule has 1 saturated heterocycles. The minimum Gasteiger partial charge on any atom is -0.370 e. The summed E-state index contributed by atoms with van der Waals surface area (Å²) in [6.45, 7) is 4.33. The number of piperidine rings is 1. The maximum Gasteiger partial charge on any atom is 0.226 e. The number of hydrogen-bond donors (Lipinski definition) is 2. The molecule has 0 aliphatic carbocycles. The van der Waals surface area contributed by atoms with E-state index >= 15 is 0 Å². The highest BCUT2D eigenvalue weighted by molar-refractivity contribution is 9.10. The van der Waals surface area contributed by atoms with E-state index in [9.17, 15) is 4.79 Å². The maximum absolute atomic E-state index is 12.0. The molecular weight excluding hydrogens is 344 g/mol. The van der Waals surface area contributed by atoms with Gasteiger partial charge in [0.05, 0.1) is 6.54 Å². The number of aryl methyl sites for hydroxylation is 1. The van der Waals surface area contributed by atoms with Crippen molar-refractivity contribution in [2.45, 2.75) is 32.6 Å². The molecule has 0 bridgehead atoms. The lowest BCUT2D eigenvalue weighted by atomic mass is 10.1. The summed E-state index contributed by atoms with van der Waals surface area (Å²) in [7, 11) is 0. The van der Waals surface area contributed by atoms with Crippen LogP contribution in [-0.4, -0.2) is 36.4 Å². The van der Waals surface area contributed by atoms with E-state index in [4.69, 9.17) is 5.73 Å². The first kappa shape index (κ1) is 16.8. The number of nitrogens with one attached hydrogen (secondary N) is 1. The van der Waals surface area contributed by atoms with Crippen molar-refractivity contribution in [1.29, 1.82) is 0 Å². The smallest absolute Gasteiger partial charge is 0.226 e. The van der Waals surface area contributed by atoms with Gasteiger partial charge in [-0.1, -0.05) is 22.0 Å². The van der Waals surface area contributed by atoms with Gasteiger partial charge in [-0.3, -0.25) is 9.79 Å². The summed E-state index contributed by atoms with van der Waals surface area (Å²) in [5.41, 5.74) is 7.83. The number of rotatable bonds is 4. The highest BCUT2D eigenvalue weighted by Gasteiger charge is 2.12. The molecule has 0 aromatic heterocycles. The van der Waals surface area contributed by atoms with Crippen LogP contribution in [0.3, 0.4) is 0 Å². The minimum absolute atomic E-state index is 0.0450. The van der Waals surface area contributed by atoms with E-state index in [0.29, 0.717) is 18.9 Å². The van der Waals surface area contributed by atoms with Crippen LogP contribution in [0.25, 0.3) is 0 Å². The van der Waals surface area contributed by atoms with Crippen LogP contribution >= 0.6 is 15.9 Å². The first-order valence-electron chi connectivity index (χ1n) is 7.67. The van der Waals surface area contributed by atoms with Gasteiger partial charge in [-0.25, -0.2) is 0 Å². The summed E-state index contributed by atoms with van der Waals surface area (Å²) in [4.78, 5) is 18.4. The van der Waals surface area contributed by atoms with Crippen LogP contribution in [0, 0.1) is 6.92 Å². The number of hydrogen-bond acceptors (Lipinski definition) is 2. The van der Waals surface area contributed by atoms with E-state index in [1.807, 2.05) is 25.1 Å². The molecular formula is C16H23BrN4O. The molecule has 3 N–H and O–H groups in total. The van der Waals surface area contributed by atoms with Crippen LogP contribution in [-0.2, 0) is 4.79 Å². The second-order valence-electron chi connectivity index (χ2n) is 5.55. The molecule has 0 atom stereocenters. The van der Waals surface area contributed by atoms with Crippen LogP contribution < -0.4 is 11.1 Å². The molecule has 1 aliphatic heterocycles. The van der Waals surface area contributed by atoms with Crippen molar-refractivity contribution in [2.75, 3.05) is 25.0 Å². The number of nitrogens with two attached hydrogens (primary N) is 1. The van der Waals surface area contributed by atoms with E-state index in [1.165, 1.54) is 19.3 Å². The summed E-state index contributed by atoms with van der Waals surface area (Å²) < 4.78 is 0.945. The van der Waals surface area contributed by atoms with Gasteiger partial charge >= 0.3 is 0 Å². The molecule has 120 valence electrons. The van der Waals surface area contributed by atoms with Gasteiger partial charge in [-0.15, -0.1) is 0 Å². The number of nitrogens with zero attached hydrogens (tertiary/aromatic N) is 2. The number of anilines is 1. The Morgan fingerprint density at radius 3 is 2.82 bits per heavy atom. The topological polar surface area (TPSA) is 70.7 Å². The molecule has 0 spiro atoms. The van der Waals surface area contributed by atoms with E-state index in [0.717, 1.165) is 28.8 Å². The summed E-state index contributed by atoms with van der Waals surface area (Å²) in [5, 5.41) is 2.91. The fourth-order valence-corrected chi connectivity index (χ4v) is 2.80. The third kappa shape index (κ3) is 5.02. The van der Waals surface area contributed by atoms with Crippen LogP contribution in [0.15, 0.2) is 27.7 Å². The van der Waals surface area contributed by atoms with Gasteiger partial charge in [0.25, 0.3) is 0 Å². The molecule has 1 aromatic carbocycles. The third-order valence-electron chi connectivity index (χ3n) is 3.77. The molecule has 0 radical (unpaired) electrons. The Labute approximate surface area is 140 Å². The first-order valence-corrected chi connectivity index (χ1v) is 8.46. The molecule has 6 heteroatoms. The predicted octanol–water partition coefficient (Wildman–Crippen LogP) is 2.89. The van der Waals surface area contributed by atoms with Gasteiger partial charge in [0.2, 0.25) is 5.91 Å². The second kappa shape index (κ2) is 8.17. The van der Waals surface area contributed by atoms with Crippen molar-refractivity contribution in [2.24, 2.45) is 10.7 Å². The Morgan fingerprint density at radius 1 is 1.36 bits per heavy atom. The molecule has 2 rings (SSSR count). The summed E-state index contributed by atoms with van der Waals surface area (Å²) in [6, 6.07) is 5.82. The molecule has 0 unspecified atom stereocenters. The number of aliphatic imine (C=N–C) groups is 1. The fraction of sp³-hybridized carbons (Fsp3) is 0.500. The molecule has 1 aliphatic rings. The number of benzene rings is 1. The molecule has 5 nitrogen and oxygen atoms in total. The number of amides is 1. The minimum atomic E-state index is -0.0450. The normalized spacial score (nSPS) is 15.7. The van der Waals surface area contributed by atoms with Crippen molar-refractivity contribution in [1.82, 2.24) is 4.90 Å². The fourth-order valence-electron chi connectivity index (χ4n) is 2.44. The zero-order valence-electron chi connectivity index (χ0n) is 12.9. The largest absolute Gasteiger partial charge is 0.370 e. The van der Waals surface area contributed by atoms with E-state index in [-0.39, 0.29) is 5.91 Å². The predicted molar refractivity (Wildman–Crippen MR) is 94.0 cm³/mol. The summed E-state index contributed by atoms with van der Waals surface area (Å²) in [5.74, 6) is 0.516. The number of halogens is 1. The molecule has 1 fully saturated rings. The molecule has 22 heavy (non-hydrogen) atoms. The van der Waals surface area contributed by atoms with Gasteiger partial charge in [0.15, 0.2) is 5.96 Å². The third-order valence-corrected chi connectivity index (χ3v) is 4.26. The Hall–Kier alpha value is -1.56. The van der Waals surface area contributed by atoms with Crippen molar-refractivity contribution in [3.8, 4) is 0 Å². The van der Waals surface area contributed by atoms with Gasteiger partial charge in [0.1, 0.15) is 0 Å². The van der Waals surface area contributed by atoms with Gasteiger partial charge < -0.3 is 16.0 Å². The van der Waals surface area contributed by atoms with Crippen molar-refractivity contribution >= 4 is 33.5 Å². The number of carbonyl (C=O) groups is 1.